The van der Waals surface area contributed by atoms with E-state index in [1.165, 1.54) is 12.1 Å². The Bertz CT molecular complexity index is 604. The molecule has 2 aromatic rings. The Labute approximate surface area is 115 Å². The molecule has 2 aromatic carbocycles. The minimum atomic E-state index is -3.85. The molecule has 0 spiro atoms. The minimum Gasteiger partial charge on any atom is -0.429 e. The lowest BCUT2D eigenvalue weighted by molar-refractivity contribution is -0.185. The quantitative estimate of drug-likeness (QED) is 0.580. The number of alkyl halides is 2. The van der Waals surface area contributed by atoms with Crippen molar-refractivity contribution in [1.82, 2.24) is 0 Å². The molecule has 0 amide bonds. The van der Waals surface area contributed by atoms with Gasteiger partial charge in [0, 0.05) is 17.2 Å². The van der Waals surface area contributed by atoms with Crippen molar-refractivity contribution in [1.29, 1.82) is 0 Å². The Kier molecular flexibility index (Phi) is 3.85. The molecule has 0 aliphatic carbocycles. The second-order valence-corrected chi connectivity index (χ2v) is 4.26. The highest BCUT2D eigenvalue weighted by molar-refractivity contribution is 6.30. The van der Waals surface area contributed by atoms with Crippen molar-refractivity contribution in [3.05, 3.63) is 64.4 Å². The van der Waals surface area contributed by atoms with Gasteiger partial charge in [0.2, 0.25) is 0 Å². The van der Waals surface area contributed by atoms with Gasteiger partial charge in [-0.15, -0.1) is 0 Å². The molecule has 2 rings (SSSR count). The first-order valence-electron chi connectivity index (χ1n) is 5.27. The van der Waals surface area contributed by atoms with E-state index >= 15 is 0 Å². The molecule has 0 heterocycles. The molecule has 0 fully saturated rings. The topological polar surface area (TPSA) is 9.23 Å². The van der Waals surface area contributed by atoms with Gasteiger partial charge in [0.15, 0.2) is 17.5 Å². The maximum Gasteiger partial charge on any atom is 0.426 e. The van der Waals surface area contributed by atoms with E-state index in [2.05, 4.69) is 4.74 Å². The summed E-state index contributed by atoms with van der Waals surface area (Å²) < 4.78 is 70.2. The van der Waals surface area contributed by atoms with Crippen LogP contribution in [-0.2, 0) is 6.11 Å². The largest absolute Gasteiger partial charge is 0.429 e. The van der Waals surface area contributed by atoms with Gasteiger partial charge in [-0.2, -0.15) is 8.78 Å². The number of hydrogen-bond donors (Lipinski definition) is 0. The smallest absolute Gasteiger partial charge is 0.426 e. The summed E-state index contributed by atoms with van der Waals surface area (Å²) >= 11 is 5.55. The molecule has 0 aromatic heterocycles. The first-order valence-corrected chi connectivity index (χ1v) is 5.65. The van der Waals surface area contributed by atoms with Crippen LogP contribution in [0, 0.1) is 17.5 Å². The highest BCUT2D eigenvalue weighted by atomic mass is 35.5. The van der Waals surface area contributed by atoms with Gasteiger partial charge < -0.3 is 4.74 Å². The lowest BCUT2D eigenvalue weighted by Gasteiger charge is -2.18. The lowest BCUT2D eigenvalue weighted by Crippen LogP contribution is -2.22. The van der Waals surface area contributed by atoms with Crippen molar-refractivity contribution in [2.24, 2.45) is 0 Å². The average molecular weight is 309 g/mol. The van der Waals surface area contributed by atoms with Crippen molar-refractivity contribution in [3.8, 4) is 5.75 Å². The van der Waals surface area contributed by atoms with Gasteiger partial charge in [0.05, 0.1) is 5.56 Å². The highest BCUT2D eigenvalue weighted by Crippen LogP contribution is 2.33. The second-order valence-electron chi connectivity index (χ2n) is 3.83. The van der Waals surface area contributed by atoms with Crippen molar-refractivity contribution < 1.29 is 26.7 Å². The van der Waals surface area contributed by atoms with E-state index in [1.807, 2.05) is 0 Å². The Balaban J connectivity index is 2.30. The summed E-state index contributed by atoms with van der Waals surface area (Å²) in [5.74, 6) is -5.83. The van der Waals surface area contributed by atoms with Crippen LogP contribution < -0.4 is 4.74 Å². The highest BCUT2D eigenvalue weighted by Gasteiger charge is 2.35. The molecule has 20 heavy (non-hydrogen) atoms. The monoisotopic (exact) mass is 308 g/mol. The Morgan fingerprint density at radius 3 is 1.90 bits per heavy atom. The predicted octanol–water partition coefficient (Wildman–Crippen LogP) is 4.89. The Hall–Kier alpha value is -1.82. The zero-order valence-electron chi connectivity index (χ0n) is 9.64. The fourth-order valence-electron chi connectivity index (χ4n) is 1.44. The number of rotatable bonds is 3. The standard InChI is InChI=1S/C13H6ClF5O/c14-8-3-1-7(2-4-8)13(18,19)20-9-5-10(15)12(17)11(16)6-9/h1-6H. The van der Waals surface area contributed by atoms with Crippen molar-refractivity contribution in [2.45, 2.75) is 6.11 Å². The van der Waals surface area contributed by atoms with E-state index in [0.717, 1.165) is 12.1 Å². The number of ether oxygens (including phenoxy) is 1. The Morgan fingerprint density at radius 1 is 0.900 bits per heavy atom. The van der Waals surface area contributed by atoms with Crippen LogP contribution in [0.3, 0.4) is 0 Å². The molecule has 0 N–H and O–H groups in total. The van der Waals surface area contributed by atoms with E-state index in [4.69, 9.17) is 11.6 Å². The van der Waals surface area contributed by atoms with Crippen LogP contribution in [0.5, 0.6) is 5.75 Å². The minimum absolute atomic E-state index is 0.239. The fraction of sp³-hybridized carbons (Fsp3) is 0.0769. The number of hydrogen-bond acceptors (Lipinski definition) is 1. The molecule has 0 unspecified atom stereocenters. The number of benzene rings is 2. The molecular formula is C13H6ClF5O. The summed E-state index contributed by atoms with van der Waals surface area (Å²) in [6.45, 7) is 0. The molecule has 0 atom stereocenters. The van der Waals surface area contributed by atoms with Gasteiger partial charge in [-0.05, 0) is 24.3 Å². The SMILES string of the molecule is Fc1cc(OC(F)(F)c2ccc(Cl)cc2)cc(F)c1F. The van der Waals surface area contributed by atoms with Crippen LogP contribution >= 0.6 is 11.6 Å². The van der Waals surface area contributed by atoms with Crippen LogP contribution in [0.25, 0.3) is 0 Å². The van der Waals surface area contributed by atoms with Crippen molar-refractivity contribution in [2.75, 3.05) is 0 Å². The summed E-state index contributed by atoms with van der Waals surface area (Å²) in [4.78, 5) is 0. The van der Waals surface area contributed by atoms with Gasteiger partial charge in [-0.25, -0.2) is 13.2 Å². The Morgan fingerprint density at radius 2 is 1.40 bits per heavy atom. The molecule has 7 heteroatoms. The lowest BCUT2D eigenvalue weighted by atomic mass is 10.2. The molecule has 0 aliphatic heterocycles. The van der Waals surface area contributed by atoms with E-state index < -0.39 is 34.9 Å². The summed E-state index contributed by atoms with van der Waals surface area (Å²) in [6.07, 6.45) is -3.85. The van der Waals surface area contributed by atoms with E-state index in [1.54, 1.807) is 0 Å². The third-order valence-corrected chi connectivity index (χ3v) is 2.64. The predicted molar refractivity (Wildman–Crippen MR) is 62.3 cm³/mol. The first kappa shape index (κ1) is 14.6. The molecule has 0 saturated carbocycles. The summed E-state index contributed by atoms with van der Waals surface area (Å²) in [5, 5.41) is 0.239. The summed E-state index contributed by atoms with van der Waals surface area (Å²) in [5.41, 5.74) is -0.563. The maximum absolute atomic E-state index is 13.7. The molecule has 106 valence electrons. The van der Waals surface area contributed by atoms with Gasteiger partial charge in [-0.3, -0.25) is 0 Å². The van der Waals surface area contributed by atoms with Crippen LogP contribution in [0.1, 0.15) is 5.56 Å². The fourth-order valence-corrected chi connectivity index (χ4v) is 1.57. The van der Waals surface area contributed by atoms with Crippen molar-refractivity contribution in [3.63, 3.8) is 0 Å². The maximum atomic E-state index is 13.7. The molecular weight excluding hydrogens is 303 g/mol. The zero-order chi connectivity index (χ0) is 14.9. The van der Waals surface area contributed by atoms with Crippen molar-refractivity contribution >= 4 is 11.6 Å². The van der Waals surface area contributed by atoms with Crippen LogP contribution in [0.15, 0.2) is 36.4 Å². The first-order chi connectivity index (χ1) is 9.29. The molecule has 0 radical (unpaired) electrons. The second kappa shape index (κ2) is 5.28. The average Bonchev–Trinajstić information content (AvgIpc) is 2.36. The third kappa shape index (κ3) is 3.01. The summed E-state index contributed by atoms with van der Waals surface area (Å²) in [7, 11) is 0. The summed E-state index contributed by atoms with van der Waals surface area (Å²) in [6, 6.07) is 5.08. The van der Waals surface area contributed by atoms with E-state index in [-0.39, 0.29) is 5.02 Å². The van der Waals surface area contributed by atoms with E-state index in [9.17, 15) is 22.0 Å². The van der Waals surface area contributed by atoms with Gasteiger partial charge in [0.25, 0.3) is 0 Å². The third-order valence-electron chi connectivity index (χ3n) is 2.38. The van der Waals surface area contributed by atoms with Crippen LogP contribution in [-0.4, -0.2) is 0 Å². The normalized spacial score (nSPS) is 11.5. The molecule has 0 saturated heterocycles. The van der Waals surface area contributed by atoms with Gasteiger partial charge >= 0.3 is 6.11 Å². The van der Waals surface area contributed by atoms with Crippen LogP contribution in [0.4, 0.5) is 22.0 Å². The molecule has 1 nitrogen and oxygen atoms in total. The molecule has 0 aliphatic rings. The van der Waals surface area contributed by atoms with Gasteiger partial charge in [-0.1, -0.05) is 11.6 Å². The van der Waals surface area contributed by atoms with E-state index in [0.29, 0.717) is 12.1 Å². The number of halogens is 6. The zero-order valence-corrected chi connectivity index (χ0v) is 10.4. The van der Waals surface area contributed by atoms with Gasteiger partial charge in [0.1, 0.15) is 5.75 Å². The van der Waals surface area contributed by atoms with Crippen LogP contribution in [0.2, 0.25) is 5.02 Å². The molecule has 0 bridgehead atoms.